The summed E-state index contributed by atoms with van der Waals surface area (Å²) < 4.78 is 0. The van der Waals surface area contributed by atoms with E-state index in [4.69, 9.17) is 5.11 Å². The molecule has 0 fully saturated rings. The quantitative estimate of drug-likeness (QED) is 0.659. The Labute approximate surface area is 83.0 Å². The molecule has 0 bridgehead atoms. The van der Waals surface area contributed by atoms with Gasteiger partial charge in [-0.15, -0.1) is 0 Å². The van der Waals surface area contributed by atoms with Crippen molar-refractivity contribution < 1.29 is 14.7 Å². The Bertz CT molecular complexity index is 254. The Morgan fingerprint density at radius 3 is 2.86 bits per heavy atom. The molecule has 2 atom stereocenters. The Kier molecular flexibility index (Phi) is 3.68. The molecule has 0 aromatic heterocycles. The van der Waals surface area contributed by atoms with Gasteiger partial charge in [-0.25, -0.2) is 0 Å². The molecule has 0 spiro atoms. The maximum atomic E-state index is 11.3. The van der Waals surface area contributed by atoms with Gasteiger partial charge in [0, 0.05) is 6.42 Å². The number of carboxylic acid groups (broad SMARTS) is 1. The van der Waals surface area contributed by atoms with Gasteiger partial charge < -0.3 is 10.4 Å². The van der Waals surface area contributed by atoms with Crippen molar-refractivity contribution in [3.05, 3.63) is 12.2 Å². The summed E-state index contributed by atoms with van der Waals surface area (Å²) in [7, 11) is 0. The number of nitrogens with one attached hydrogen (secondary N) is 1. The van der Waals surface area contributed by atoms with Crippen LogP contribution < -0.4 is 5.32 Å². The van der Waals surface area contributed by atoms with E-state index in [0.717, 1.165) is 12.8 Å². The number of carbonyl (C=O) groups is 2. The van der Waals surface area contributed by atoms with E-state index in [1.807, 2.05) is 6.08 Å². The van der Waals surface area contributed by atoms with Crippen LogP contribution in [0.4, 0.5) is 0 Å². The van der Waals surface area contributed by atoms with Gasteiger partial charge in [0.05, 0.1) is 0 Å². The zero-order chi connectivity index (χ0) is 10.6. The van der Waals surface area contributed by atoms with E-state index in [0.29, 0.717) is 6.42 Å². The predicted octanol–water partition coefficient (Wildman–Crippen LogP) is 0.932. The number of amides is 1. The van der Waals surface area contributed by atoms with Gasteiger partial charge in [0.25, 0.3) is 0 Å². The van der Waals surface area contributed by atoms with Crippen molar-refractivity contribution in [1.82, 2.24) is 5.32 Å². The minimum absolute atomic E-state index is 0.184. The van der Waals surface area contributed by atoms with Gasteiger partial charge in [-0.3, -0.25) is 9.59 Å². The van der Waals surface area contributed by atoms with E-state index in [2.05, 4.69) is 11.4 Å². The van der Waals surface area contributed by atoms with E-state index >= 15 is 0 Å². The van der Waals surface area contributed by atoms with Crippen LogP contribution in [0.1, 0.15) is 26.2 Å². The molecule has 1 rings (SSSR count). The Hall–Kier alpha value is -1.32. The first kappa shape index (κ1) is 10.8. The predicted molar refractivity (Wildman–Crippen MR) is 51.7 cm³/mol. The second kappa shape index (κ2) is 4.79. The Morgan fingerprint density at radius 2 is 2.36 bits per heavy atom. The minimum Gasteiger partial charge on any atom is -0.480 e. The fraction of sp³-hybridized carbons (Fsp3) is 0.600. The van der Waals surface area contributed by atoms with Crippen molar-refractivity contribution in [2.45, 2.75) is 32.2 Å². The molecule has 0 aromatic carbocycles. The topological polar surface area (TPSA) is 66.4 Å². The lowest BCUT2D eigenvalue weighted by Crippen LogP contribution is -2.38. The van der Waals surface area contributed by atoms with Gasteiger partial charge in [0.1, 0.15) is 6.04 Å². The summed E-state index contributed by atoms with van der Waals surface area (Å²) in [6.07, 6.45) is 6.49. The lowest BCUT2D eigenvalue weighted by molar-refractivity contribution is -0.141. The molecule has 0 radical (unpaired) electrons. The summed E-state index contributed by atoms with van der Waals surface area (Å²) in [5.74, 6) is -0.896. The number of hydrogen-bond acceptors (Lipinski definition) is 2. The lowest BCUT2D eigenvalue weighted by Gasteiger charge is -2.11. The van der Waals surface area contributed by atoms with Gasteiger partial charge in [0.15, 0.2) is 0 Å². The van der Waals surface area contributed by atoms with Gasteiger partial charge >= 0.3 is 5.97 Å². The molecule has 1 aliphatic rings. The fourth-order valence-corrected chi connectivity index (χ4v) is 1.47. The normalized spacial score (nSPS) is 21.9. The zero-order valence-corrected chi connectivity index (χ0v) is 8.19. The van der Waals surface area contributed by atoms with Crippen LogP contribution in [0, 0.1) is 5.92 Å². The molecule has 0 heterocycles. The number of aliphatic carboxylic acids is 1. The third-order valence-corrected chi connectivity index (χ3v) is 2.31. The maximum Gasteiger partial charge on any atom is 0.325 e. The highest BCUT2D eigenvalue weighted by atomic mass is 16.4. The standard InChI is InChI=1S/C10H15NO3/c1-7(10(13)14)11-9(12)6-8-4-2-3-5-8/h2,4,7-8H,3,5-6H2,1H3,(H,11,12)(H,13,14)/t7-,8?/m1/s1. The highest BCUT2D eigenvalue weighted by Crippen LogP contribution is 2.19. The van der Waals surface area contributed by atoms with Crippen LogP contribution in [0.5, 0.6) is 0 Å². The maximum absolute atomic E-state index is 11.3. The van der Waals surface area contributed by atoms with Crippen LogP contribution in [0.15, 0.2) is 12.2 Å². The number of rotatable bonds is 4. The second-order valence-corrected chi connectivity index (χ2v) is 3.60. The molecule has 1 unspecified atom stereocenters. The SMILES string of the molecule is C[C@@H](NC(=O)CC1C=CCC1)C(=O)O. The van der Waals surface area contributed by atoms with Crippen molar-refractivity contribution in [3.63, 3.8) is 0 Å². The van der Waals surface area contributed by atoms with Gasteiger partial charge in [0.2, 0.25) is 5.91 Å². The van der Waals surface area contributed by atoms with Crippen molar-refractivity contribution in [1.29, 1.82) is 0 Å². The first-order chi connectivity index (χ1) is 6.59. The summed E-state index contributed by atoms with van der Waals surface area (Å²) in [6.45, 7) is 1.46. The van der Waals surface area contributed by atoms with Crippen LogP contribution >= 0.6 is 0 Å². The number of hydrogen-bond donors (Lipinski definition) is 2. The van der Waals surface area contributed by atoms with E-state index < -0.39 is 12.0 Å². The molecule has 0 saturated carbocycles. The fourth-order valence-electron chi connectivity index (χ4n) is 1.47. The highest BCUT2D eigenvalue weighted by molar-refractivity contribution is 5.83. The summed E-state index contributed by atoms with van der Waals surface area (Å²) in [5.41, 5.74) is 0. The molecule has 78 valence electrons. The first-order valence-electron chi connectivity index (χ1n) is 4.78. The molecule has 0 saturated heterocycles. The van der Waals surface area contributed by atoms with Crippen molar-refractivity contribution in [2.75, 3.05) is 0 Å². The van der Waals surface area contributed by atoms with Crippen LogP contribution in [0.3, 0.4) is 0 Å². The van der Waals surface area contributed by atoms with Crippen molar-refractivity contribution >= 4 is 11.9 Å². The second-order valence-electron chi connectivity index (χ2n) is 3.60. The monoisotopic (exact) mass is 197 g/mol. The van der Waals surface area contributed by atoms with E-state index in [1.165, 1.54) is 6.92 Å². The van der Waals surface area contributed by atoms with Crippen LogP contribution in [0.25, 0.3) is 0 Å². The van der Waals surface area contributed by atoms with Crippen molar-refractivity contribution in [2.24, 2.45) is 5.92 Å². The average Bonchev–Trinajstić information content (AvgIpc) is 2.56. The molecule has 4 nitrogen and oxygen atoms in total. The van der Waals surface area contributed by atoms with Gasteiger partial charge in [-0.05, 0) is 25.7 Å². The number of allylic oxidation sites excluding steroid dienone is 2. The van der Waals surface area contributed by atoms with Crippen LogP contribution in [-0.2, 0) is 9.59 Å². The summed E-state index contributed by atoms with van der Waals surface area (Å²) in [6, 6.07) is -0.798. The molecule has 1 aliphatic carbocycles. The van der Waals surface area contributed by atoms with E-state index in [-0.39, 0.29) is 11.8 Å². The summed E-state index contributed by atoms with van der Waals surface area (Å²) in [5, 5.41) is 11.0. The zero-order valence-electron chi connectivity index (χ0n) is 8.19. The molecular formula is C10H15NO3. The van der Waals surface area contributed by atoms with Crippen molar-refractivity contribution in [3.8, 4) is 0 Å². The largest absolute Gasteiger partial charge is 0.480 e. The molecule has 1 amide bonds. The van der Waals surface area contributed by atoms with Gasteiger partial charge in [-0.2, -0.15) is 0 Å². The van der Waals surface area contributed by atoms with Gasteiger partial charge in [-0.1, -0.05) is 12.2 Å². The highest BCUT2D eigenvalue weighted by Gasteiger charge is 2.17. The Balaban J connectivity index is 2.28. The third-order valence-electron chi connectivity index (χ3n) is 2.31. The molecule has 2 N–H and O–H groups in total. The third kappa shape index (κ3) is 3.20. The number of carboxylic acids is 1. The average molecular weight is 197 g/mol. The van der Waals surface area contributed by atoms with Crippen LogP contribution in [-0.4, -0.2) is 23.0 Å². The molecule has 4 heteroatoms. The molecule has 0 aliphatic heterocycles. The van der Waals surface area contributed by atoms with Crippen LogP contribution in [0.2, 0.25) is 0 Å². The number of carbonyl (C=O) groups excluding carboxylic acids is 1. The molecule has 14 heavy (non-hydrogen) atoms. The Morgan fingerprint density at radius 1 is 1.64 bits per heavy atom. The lowest BCUT2D eigenvalue weighted by atomic mass is 10.0. The molecule has 0 aromatic rings. The summed E-state index contributed by atoms with van der Waals surface area (Å²) in [4.78, 5) is 21.7. The smallest absolute Gasteiger partial charge is 0.325 e. The van der Waals surface area contributed by atoms with E-state index in [9.17, 15) is 9.59 Å². The minimum atomic E-state index is -1.000. The first-order valence-corrected chi connectivity index (χ1v) is 4.78. The van der Waals surface area contributed by atoms with E-state index in [1.54, 1.807) is 0 Å². The summed E-state index contributed by atoms with van der Waals surface area (Å²) >= 11 is 0. The molecular weight excluding hydrogens is 182 g/mol.